The van der Waals surface area contributed by atoms with Crippen LogP contribution in [0.15, 0.2) is 40.9 Å². The lowest BCUT2D eigenvalue weighted by molar-refractivity contribution is 0.0523. The van der Waals surface area contributed by atoms with E-state index in [1.54, 1.807) is 25.1 Å². The molecular weight excluding hydrogens is 341 g/mol. The van der Waals surface area contributed by atoms with Crippen LogP contribution in [-0.4, -0.2) is 12.6 Å². The van der Waals surface area contributed by atoms with Crippen LogP contribution in [0, 0.1) is 5.82 Å². The molecule has 21 heavy (non-hydrogen) atoms. The molecule has 0 aliphatic rings. The van der Waals surface area contributed by atoms with E-state index in [4.69, 9.17) is 15.2 Å². The average molecular weight is 354 g/mol. The minimum atomic E-state index is -0.546. The number of benzene rings is 2. The van der Waals surface area contributed by atoms with E-state index in [1.165, 1.54) is 18.2 Å². The van der Waals surface area contributed by atoms with E-state index in [2.05, 4.69) is 15.9 Å². The molecule has 0 spiro atoms. The number of para-hydroxylation sites is 1. The second-order valence-corrected chi connectivity index (χ2v) is 5.07. The van der Waals surface area contributed by atoms with Crippen molar-refractivity contribution in [2.24, 2.45) is 0 Å². The van der Waals surface area contributed by atoms with Gasteiger partial charge < -0.3 is 15.2 Å². The SMILES string of the molecule is CCOC(=O)c1cccc(N)c1Oc1cc(F)cc(Br)c1. The van der Waals surface area contributed by atoms with Crippen molar-refractivity contribution in [1.82, 2.24) is 0 Å². The van der Waals surface area contributed by atoms with Crippen molar-refractivity contribution >= 4 is 27.6 Å². The molecule has 0 heterocycles. The third-order valence-electron chi connectivity index (χ3n) is 2.60. The number of nitrogen functional groups attached to an aromatic ring is 1. The molecule has 2 aromatic carbocycles. The number of esters is 1. The number of ether oxygens (including phenoxy) is 2. The Kier molecular flexibility index (Phi) is 4.80. The first kappa shape index (κ1) is 15.3. The maximum Gasteiger partial charge on any atom is 0.342 e. The first-order valence-corrected chi connectivity index (χ1v) is 7.00. The third-order valence-corrected chi connectivity index (χ3v) is 3.05. The predicted molar refractivity (Wildman–Crippen MR) is 81.0 cm³/mol. The van der Waals surface area contributed by atoms with Crippen LogP contribution in [-0.2, 0) is 4.74 Å². The van der Waals surface area contributed by atoms with Crippen LogP contribution >= 0.6 is 15.9 Å². The van der Waals surface area contributed by atoms with Crippen molar-refractivity contribution in [3.63, 3.8) is 0 Å². The summed E-state index contributed by atoms with van der Waals surface area (Å²) in [5.74, 6) is -0.638. The average Bonchev–Trinajstić information content (AvgIpc) is 2.40. The lowest BCUT2D eigenvalue weighted by Gasteiger charge is -2.13. The highest BCUT2D eigenvalue weighted by Gasteiger charge is 2.17. The summed E-state index contributed by atoms with van der Waals surface area (Å²) in [4.78, 5) is 11.9. The largest absolute Gasteiger partial charge is 0.462 e. The van der Waals surface area contributed by atoms with Gasteiger partial charge in [0.25, 0.3) is 0 Å². The second-order valence-electron chi connectivity index (χ2n) is 4.15. The predicted octanol–water partition coefficient (Wildman–Crippen LogP) is 4.14. The number of carbonyl (C=O) groups is 1. The fraction of sp³-hybridized carbons (Fsp3) is 0.133. The molecule has 0 unspecified atom stereocenters. The Labute approximate surface area is 129 Å². The summed E-state index contributed by atoms with van der Waals surface area (Å²) in [6, 6.07) is 8.82. The second kappa shape index (κ2) is 6.58. The first-order chi connectivity index (χ1) is 10.0. The molecule has 0 amide bonds. The summed E-state index contributed by atoms with van der Waals surface area (Å²) in [6.07, 6.45) is 0. The van der Waals surface area contributed by atoms with Gasteiger partial charge in [0, 0.05) is 10.5 Å². The molecular formula is C15H13BrFNO3. The smallest absolute Gasteiger partial charge is 0.342 e. The van der Waals surface area contributed by atoms with Gasteiger partial charge in [0.2, 0.25) is 0 Å². The molecule has 110 valence electrons. The maximum absolute atomic E-state index is 13.4. The molecule has 2 rings (SSSR count). The van der Waals surface area contributed by atoms with Gasteiger partial charge in [-0.1, -0.05) is 22.0 Å². The van der Waals surface area contributed by atoms with Gasteiger partial charge in [-0.05, 0) is 31.2 Å². The summed E-state index contributed by atoms with van der Waals surface area (Å²) >= 11 is 3.17. The molecule has 0 aliphatic carbocycles. The molecule has 0 saturated heterocycles. The molecule has 6 heteroatoms. The molecule has 4 nitrogen and oxygen atoms in total. The Hall–Kier alpha value is -2.08. The zero-order valence-electron chi connectivity index (χ0n) is 11.2. The Balaban J connectivity index is 2.41. The fourth-order valence-corrected chi connectivity index (χ4v) is 2.19. The molecule has 0 aromatic heterocycles. The topological polar surface area (TPSA) is 61.5 Å². The van der Waals surface area contributed by atoms with E-state index in [-0.39, 0.29) is 29.4 Å². The molecule has 0 fully saturated rings. The van der Waals surface area contributed by atoms with Crippen molar-refractivity contribution in [3.8, 4) is 11.5 Å². The van der Waals surface area contributed by atoms with Gasteiger partial charge in [-0.15, -0.1) is 0 Å². The molecule has 0 aliphatic heterocycles. The molecule has 2 aromatic rings. The fourth-order valence-electron chi connectivity index (χ4n) is 1.74. The van der Waals surface area contributed by atoms with Crippen molar-refractivity contribution in [3.05, 3.63) is 52.3 Å². The first-order valence-electron chi connectivity index (χ1n) is 6.20. The number of hydrogen-bond acceptors (Lipinski definition) is 4. The van der Waals surface area contributed by atoms with E-state index < -0.39 is 11.8 Å². The lowest BCUT2D eigenvalue weighted by Crippen LogP contribution is -2.08. The Bertz CT molecular complexity index is 656. The van der Waals surface area contributed by atoms with Crippen LogP contribution in [0.2, 0.25) is 0 Å². The zero-order valence-corrected chi connectivity index (χ0v) is 12.8. The van der Waals surface area contributed by atoms with Crippen LogP contribution in [0.1, 0.15) is 17.3 Å². The maximum atomic E-state index is 13.4. The van der Waals surface area contributed by atoms with Gasteiger partial charge in [0.15, 0.2) is 5.75 Å². The summed E-state index contributed by atoms with van der Waals surface area (Å²) in [6.45, 7) is 1.94. The molecule has 0 atom stereocenters. The van der Waals surface area contributed by atoms with E-state index in [9.17, 15) is 9.18 Å². The summed E-state index contributed by atoms with van der Waals surface area (Å²) < 4.78 is 24.4. The molecule has 0 bridgehead atoms. The Morgan fingerprint density at radius 1 is 1.33 bits per heavy atom. The number of anilines is 1. The summed E-state index contributed by atoms with van der Waals surface area (Å²) in [7, 11) is 0. The number of halogens is 2. The van der Waals surface area contributed by atoms with E-state index >= 15 is 0 Å². The van der Waals surface area contributed by atoms with Gasteiger partial charge in [-0.25, -0.2) is 9.18 Å². The van der Waals surface area contributed by atoms with Crippen LogP contribution in [0.3, 0.4) is 0 Å². The third kappa shape index (κ3) is 3.72. The standard InChI is InChI=1S/C15H13BrFNO3/c1-2-20-15(19)12-4-3-5-13(18)14(12)21-11-7-9(16)6-10(17)8-11/h3-8H,2,18H2,1H3. The zero-order chi connectivity index (χ0) is 15.4. The molecule has 2 N–H and O–H groups in total. The Morgan fingerprint density at radius 3 is 2.76 bits per heavy atom. The Morgan fingerprint density at radius 2 is 2.10 bits per heavy atom. The van der Waals surface area contributed by atoms with E-state index in [0.717, 1.165) is 0 Å². The van der Waals surface area contributed by atoms with Crippen LogP contribution in [0.25, 0.3) is 0 Å². The minimum Gasteiger partial charge on any atom is -0.462 e. The van der Waals surface area contributed by atoms with Crippen LogP contribution in [0.4, 0.5) is 10.1 Å². The van der Waals surface area contributed by atoms with Crippen molar-refractivity contribution in [2.45, 2.75) is 6.92 Å². The number of carbonyl (C=O) groups excluding carboxylic acids is 1. The van der Waals surface area contributed by atoms with Crippen molar-refractivity contribution in [1.29, 1.82) is 0 Å². The lowest BCUT2D eigenvalue weighted by atomic mass is 10.1. The van der Waals surface area contributed by atoms with Gasteiger partial charge in [-0.2, -0.15) is 0 Å². The quantitative estimate of drug-likeness (QED) is 0.662. The highest BCUT2D eigenvalue weighted by Crippen LogP contribution is 2.33. The molecule has 0 radical (unpaired) electrons. The summed E-state index contributed by atoms with van der Waals surface area (Å²) in [5.41, 5.74) is 6.30. The van der Waals surface area contributed by atoms with Gasteiger partial charge in [0.05, 0.1) is 12.3 Å². The normalized spacial score (nSPS) is 10.2. The van der Waals surface area contributed by atoms with Crippen molar-refractivity contribution in [2.75, 3.05) is 12.3 Å². The monoisotopic (exact) mass is 353 g/mol. The van der Waals surface area contributed by atoms with Crippen LogP contribution < -0.4 is 10.5 Å². The summed E-state index contributed by atoms with van der Waals surface area (Å²) in [5, 5.41) is 0. The highest BCUT2D eigenvalue weighted by atomic mass is 79.9. The van der Waals surface area contributed by atoms with Gasteiger partial charge in [0.1, 0.15) is 17.1 Å². The number of rotatable bonds is 4. The minimum absolute atomic E-state index is 0.147. The number of hydrogen-bond donors (Lipinski definition) is 1. The van der Waals surface area contributed by atoms with E-state index in [0.29, 0.717) is 4.47 Å². The van der Waals surface area contributed by atoms with Gasteiger partial charge >= 0.3 is 5.97 Å². The van der Waals surface area contributed by atoms with Gasteiger partial charge in [-0.3, -0.25) is 0 Å². The van der Waals surface area contributed by atoms with Crippen molar-refractivity contribution < 1.29 is 18.7 Å². The highest BCUT2D eigenvalue weighted by molar-refractivity contribution is 9.10. The number of nitrogens with two attached hydrogens (primary N) is 1. The molecule has 0 saturated carbocycles. The van der Waals surface area contributed by atoms with Crippen LogP contribution in [0.5, 0.6) is 11.5 Å². The van der Waals surface area contributed by atoms with E-state index in [1.807, 2.05) is 0 Å².